The molecule has 0 spiro atoms. The Morgan fingerprint density at radius 3 is 2.78 bits per heavy atom. The van der Waals surface area contributed by atoms with E-state index in [1.54, 1.807) is 0 Å². The van der Waals surface area contributed by atoms with Crippen molar-refractivity contribution in [2.45, 2.75) is 58.5 Å². The van der Waals surface area contributed by atoms with Crippen LogP contribution in [-0.4, -0.2) is 5.11 Å². The van der Waals surface area contributed by atoms with Gasteiger partial charge in [0.2, 0.25) is 0 Å². The first-order chi connectivity index (χ1) is 8.74. The smallest absolute Gasteiger partial charge is 0.0818 e. The molecule has 1 nitrogen and oxygen atoms in total. The van der Waals surface area contributed by atoms with E-state index in [-0.39, 0.29) is 6.10 Å². The van der Waals surface area contributed by atoms with Crippen molar-refractivity contribution >= 4 is 0 Å². The molecule has 2 rings (SSSR count). The lowest BCUT2D eigenvalue weighted by molar-refractivity contribution is 0.109. The van der Waals surface area contributed by atoms with Gasteiger partial charge in [-0.15, -0.1) is 0 Å². The van der Waals surface area contributed by atoms with Gasteiger partial charge in [-0.05, 0) is 42.2 Å². The van der Waals surface area contributed by atoms with Crippen LogP contribution in [0.4, 0.5) is 0 Å². The Hall–Kier alpha value is -0.820. The summed E-state index contributed by atoms with van der Waals surface area (Å²) in [4.78, 5) is 0. The molecule has 0 radical (unpaired) electrons. The Balaban J connectivity index is 2.04. The summed E-state index contributed by atoms with van der Waals surface area (Å²) in [6.45, 7) is 4.47. The lowest BCUT2D eigenvalue weighted by Crippen LogP contribution is -2.10. The molecule has 0 bridgehead atoms. The number of aryl methyl sites for hydroxylation is 1. The molecule has 1 heteroatoms. The number of aliphatic hydroxyl groups is 1. The van der Waals surface area contributed by atoms with Crippen molar-refractivity contribution in [1.29, 1.82) is 0 Å². The molecule has 0 aliphatic heterocycles. The third kappa shape index (κ3) is 3.14. The van der Waals surface area contributed by atoms with Gasteiger partial charge in [0.25, 0.3) is 0 Å². The summed E-state index contributed by atoms with van der Waals surface area (Å²) >= 11 is 0. The highest BCUT2D eigenvalue weighted by atomic mass is 16.3. The van der Waals surface area contributed by atoms with Crippen LogP contribution in [0.1, 0.15) is 63.2 Å². The SMILES string of the molecule is CCCc1cccc(C(O)C2CCC(CC)C2)c1. The van der Waals surface area contributed by atoms with E-state index in [4.69, 9.17) is 0 Å². The van der Waals surface area contributed by atoms with E-state index in [1.165, 1.54) is 37.7 Å². The second-order valence-electron chi connectivity index (χ2n) is 5.79. The molecule has 1 aromatic carbocycles. The first-order valence-electron chi connectivity index (χ1n) is 7.51. The van der Waals surface area contributed by atoms with Gasteiger partial charge in [0.1, 0.15) is 0 Å². The molecule has 0 amide bonds. The van der Waals surface area contributed by atoms with E-state index in [0.29, 0.717) is 5.92 Å². The summed E-state index contributed by atoms with van der Waals surface area (Å²) < 4.78 is 0. The minimum absolute atomic E-state index is 0.252. The summed E-state index contributed by atoms with van der Waals surface area (Å²) in [5.74, 6) is 1.32. The maximum absolute atomic E-state index is 10.5. The molecule has 1 aliphatic carbocycles. The molecule has 3 unspecified atom stereocenters. The van der Waals surface area contributed by atoms with E-state index in [1.807, 2.05) is 0 Å². The first kappa shape index (κ1) is 13.6. The van der Waals surface area contributed by atoms with Crippen LogP contribution < -0.4 is 0 Å². The van der Waals surface area contributed by atoms with Crippen LogP contribution in [0.25, 0.3) is 0 Å². The number of aliphatic hydroxyl groups excluding tert-OH is 1. The van der Waals surface area contributed by atoms with Gasteiger partial charge in [-0.2, -0.15) is 0 Å². The third-order valence-electron chi connectivity index (χ3n) is 4.44. The zero-order valence-corrected chi connectivity index (χ0v) is 11.7. The first-order valence-corrected chi connectivity index (χ1v) is 7.51. The van der Waals surface area contributed by atoms with Gasteiger partial charge in [-0.25, -0.2) is 0 Å². The van der Waals surface area contributed by atoms with E-state index >= 15 is 0 Å². The Morgan fingerprint density at radius 2 is 2.11 bits per heavy atom. The molecule has 3 atom stereocenters. The fraction of sp³-hybridized carbons (Fsp3) is 0.647. The molecule has 100 valence electrons. The van der Waals surface area contributed by atoms with Crippen molar-refractivity contribution in [2.75, 3.05) is 0 Å². The number of hydrogen-bond acceptors (Lipinski definition) is 1. The molecule has 1 saturated carbocycles. The van der Waals surface area contributed by atoms with Crippen LogP contribution in [0.2, 0.25) is 0 Å². The van der Waals surface area contributed by atoms with Crippen LogP contribution in [0.5, 0.6) is 0 Å². The largest absolute Gasteiger partial charge is 0.388 e. The zero-order chi connectivity index (χ0) is 13.0. The summed E-state index contributed by atoms with van der Waals surface area (Å²) in [6.07, 6.45) is 6.99. The van der Waals surface area contributed by atoms with Gasteiger partial charge in [0.15, 0.2) is 0 Å². The summed E-state index contributed by atoms with van der Waals surface area (Å²) in [6, 6.07) is 8.55. The summed E-state index contributed by atoms with van der Waals surface area (Å²) in [7, 11) is 0. The molecule has 1 fully saturated rings. The van der Waals surface area contributed by atoms with E-state index in [2.05, 4.69) is 38.1 Å². The summed E-state index contributed by atoms with van der Waals surface area (Å²) in [5.41, 5.74) is 2.49. The predicted molar refractivity (Wildman–Crippen MR) is 76.5 cm³/mol. The molecular weight excluding hydrogens is 220 g/mol. The minimum atomic E-state index is -0.252. The van der Waals surface area contributed by atoms with Gasteiger partial charge in [-0.3, -0.25) is 0 Å². The Labute approximate surface area is 111 Å². The monoisotopic (exact) mass is 246 g/mol. The third-order valence-corrected chi connectivity index (χ3v) is 4.44. The maximum atomic E-state index is 10.5. The average molecular weight is 246 g/mol. The predicted octanol–water partition coefficient (Wildman–Crippen LogP) is 4.50. The molecule has 0 heterocycles. The average Bonchev–Trinajstić information content (AvgIpc) is 2.87. The van der Waals surface area contributed by atoms with Crippen molar-refractivity contribution in [3.05, 3.63) is 35.4 Å². The minimum Gasteiger partial charge on any atom is -0.388 e. The Morgan fingerprint density at radius 1 is 1.28 bits per heavy atom. The van der Waals surface area contributed by atoms with Gasteiger partial charge in [-0.1, -0.05) is 57.4 Å². The summed E-state index contributed by atoms with van der Waals surface area (Å²) in [5, 5.41) is 10.5. The number of hydrogen-bond donors (Lipinski definition) is 1. The van der Waals surface area contributed by atoms with E-state index < -0.39 is 0 Å². The van der Waals surface area contributed by atoms with Crippen molar-refractivity contribution < 1.29 is 5.11 Å². The second kappa shape index (κ2) is 6.38. The van der Waals surface area contributed by atoms with Crippen LogP contribution in [0, 0.1) is 11.8 Å². The van der Waals surface area contributed by atoms with Crippen molar-refractivity contribution in [2.24, 2.45) is 11.8 Å². The normalized spacial score (nSPS) is 25.3. The molecule has 18 heavy (non-hydrogen) atoms. The lowest BCUT2D eigenvalue weighted by atomic mass is 9.91. The molecule has 1 aromatic rings. The molecule has 0 saturated heterocycles. The zero-order valence-electron chi connectivity index (χ0n) is 11.7. The van der Waals surface area contributed by atoms with E-state index in [0.717, 1.165) is 17.9 Å². The van der Waals surface area contributed by atoms with Crippen molar-refractivity contribution in [3.8, 4) is 0 Å². The van der Waals surface area contributed by atoms with Crippen molar-refractivity contribution in [3.63, 3.8) is 0 Å². The van der Waals surface area contributed by atoms with Crippen LogP contribution in [0.15, 0.2) is 24.3 Å². The van der Waals surface area contributed by atoms with E-state index in [9.17, 15) is 5.11 Å². The van der Waals surface area contributed by atoms with Crippen LogP contribution >= 0.6 is 0 Å². The van der Waals surface area contributed by atoms with Gasteiger partial charge >= 0.3 is 0 Å². The quantitative estimate of drug-likeness (QED) is 0.811. The fourth-order valence-electron chi connectivity index (χ4n) is 3.26. The van der Waals surface area contributed by atoms with Crippen LogP contribution in [-0.2, 0) is 6.42 Å². The molecule has 1 N–H and O–H groups in total. The highest BCUT2D eigenvalue weighted by Crippen LogP contribution is 2.40. The van der Waals surface area contributed by atoms with Crippen LogP contribution in [0.3, 0.4) is 0 Å². The maximum Gasteiger partial charge on any atom is 0.0818 e. The fourth-order valence-corrected chi connectivity index (χ4v) is 3.26. The van der Waals surface area contributed by atoms with Crippen molar-refractivity contribution in [1.82, 2.24) is 0 Å². The second-order valence-corrected chi connectivity index (χ2v) is 5.79. The topological polar surface area (TPSA) is 20.2 Å². The number of benzene rings is 1. The molecular formula is C17H26O. The Kier molecular flexibility index (Phi) is 4.82. The Bertz CT molecular complexity index is 372. The highest BCUT2D eigenvalue weighted by molar-refractivity contribution is 5.26. The lowest BCUT2D eigenvalue weighted by Gasteiger charge is -2.19. The highest BCUT2D eigenvalue weighted by Gasteiger charge is 2.29. The van der Waals surface area contributed by atoms with Gasteiger partial charge in [0, 0.05) is 0 Å². The standard InChI is InChI=1S/C17H26O/c1-3-6-14-7-5-8-15(12-14)17(18)16-10-9-13(4-2)11-16/h5,7-8,12-13,16-18H,3-4,6,9-11H2,1-2H3. The molecule has 1 aliphatic rings. The number of rotatable bonds is 5. The van der Waals surface area contributed by atoms with Gasteiger partial charge in [0.05, 0.1) is 6.10 Å². The molecule has 0 aromatic heterocycles. The van der Waals surface area contributed by atoms with Gasteiger partial charge < -0.3 is 5.11 Å².